The van der Waals surface area contributed by atoms with Crippen molar-refractivity contribution in [1.82, 2.24) is 20.0 Å². The fourth-order valence-electron chi connectivity index (χ4n) is 5.06. The van der Waals surface area contributed by atoms with Gasteiger partial charge in [-0.1, -0.05) is 49.3 Å². The number of hydrogen-bond acceptors (Lipinski definition) is 8. The molecule has 0 radical (unpaired) electrons. The number of morpholine rings is 1. The third kappa shape index (κ3) is 5.60. The van der Waals surface area contributed by atoms with Crippen LogP contribution in [0.2, 0.25) is 0 Å². The monoisotopic (exact) mass is 500 g/mol. The van der Waals surface area contributed by atoms with Gasteiger partial charge in [0.25, 0.3) is 0 Å². The van der Waals surface area contributed by atoms with E-state index in [0.717, 1.165) is 73.8 Å². The quantitative estimate of drug-likeness (QED) is 0.378. The molecule has 0 spiro atoms. The lowest BCUT2D eigenvalue weighted by Gasteiger charge is -2.31. The number of hydrogen-bond donors (Lipinski definition) is 1. The molecule has 2 fully saturated rings. The molecule has 2 N–H and O–H groups in total. The van der Waals surface area contributed by atoms with E-state index in [9.17, 15) is 0 Å². The van der Waals surface area contributed by atoms with Crippen LogP contribution in [0.4, 0.5) is 11.5 Å². The third-order valence-electron chi connectivity index (χ3n) is 7.03. The highest BCUT2D eigenvalue weighted by molar-refractivity contribution is 5.88. The molecular weight excluding hydrogens is 464 g/mol. The van der Waals surface area contributed by atoms with E-state index in [1.165, 1.54) is 5.56 Å². The third-order valence-corrected chi connectivity index (χ3v) is 7.03. The summed E-state index contributed by atoms with van der Waals surface area (Å²) in [7, 11) is 0. The summed E-state index contributed by atoms with van der Waals surface area (Å²) in [5, 5.41) is 4.56. The van der Waals surface area contributed by atoms with Gasteiger partial charge in [0.2, 0.25) is 5.58 Å². The smallest absolute Gasteiger partial charge is 0.227 e. The molecule has 194 valence electrons. The van der Waals surface area contributed by atoms with Crippen molar-refractivity contribution in [1.29, 1.82) is 0 Å². The summed E-state index contributed by atoms with van der Waals surface area (Å²) >= 11 is 0. The first-order valence-electron chi connectivity index (χ1n) is 13.4. The van der Waals surface area contributed by atoms with Gasteiger partial charge in [0.05, 0.1) is 13.2 Å². The van der Waals surface area contributed by atoms with Gasteiger partial charge in [0.15, 0.2) is 11.6 Å². The molecule has 4 heterocycles. The van der Waals surface area contributed by atoms with Gasteiger partial charge in [0, 0.05) is 36.8 Å². The van der Waals surface area contributed by atoms with Gasteiger partial charge in [-0.2, -0.15) is 0 Å². The van der Waals surface area contributed by atoms with Crippen LogP contribution in [0.1, 0.15) is 43.9 Å². The molecule has 2 aromatic heterocycles. The fraction of sp³-hybridized carbons (Fsp3) is 0.414. The van der Waals surface area contributed by atoms with Crippen molar-refractivity contribution in [3.8, 4) is 11.4 Å². The maximum absolute atomic E-state index is 5.93. The summed E-state index contributed by atoms with van der Waals surface area (Å²) in [5.74, 6) is 1.78. The van der Waals surface area contributed by atoms with Gasteiger partial charge in [0.1, 0.15) is 11.2 Å². The molecule has 4 aromatic rings. The van der Waals surface area contributed by atoms with Crippen LogP contribution >= 0.6 is 0 Å². The molecule has 2 aromatic carbocycles. The highest BCUT2D eigenvalue weighted by Crippen LogP contribution is 2.36. The number of likely N-dealkylation sites (tertiary alicyclic amines) is 1. The van der Waals surface area contributed by atoms with Crippen molar-refractivity contribution in [2.24, 2.45) is 0 Å². The number of nitrogens with zero attached hydrogens (tertiary/aromatic N) is 5. The number of nitrogens with two attached hydrogens (primary N) is 1. The van der Waals surface area contributed by atoms with Crippen LogP contribution in [0.5, 0.6) is 0 Å². The first-order valence-corrected chi connectivity index (χ1v) is 13.4. The van der Waals surface area contributed by atoms with E-state index in [-0.39, 0.29) is 0 Å². The van der Waals surface area contributed by atoms with Crippen LogP contribution in [0.3, 0.4) is 0 Å². The Kier molecular flexibility index (Phi) is 7.96. The largest absolute Gasteiger partial charge is 0.399 e. The molecule has 2 aliphatic rings. The van der Waals surface area contributed by atoms with E-state index in [4.69, 9.17) is 25.0 Å². The highest BCUT2D eigenvalue weighted by Gasteiger charge is 2.29. The molecule has 0 atom stereocenters. The Bertz CT molecular complexity index is 1280. The minimum absolute atomic E-state index is 0.315. The molecule has 8 nitrogen and oxygen atoms in total. The van der Waals surface area contributed by atoms with E-state index in [1.807, 2.05) is 38.1 Å². The number of aromatic nitrogens is 3. The summed E-state index contributed by atoms with van der Waals surface area (Å²) < 4.78 is 11.5. The van der Waals surface area contributed by atoms with E-state index >= 15 is 0 Å². The second-order valence-corrected chi connectivity index (χ2v) is 9.37. The van der Waals surface area contributed by atoms with Crippen LogP contribution in [-0.2, 0) is 11.3 Å². The molecule has 2 saturated heterocycles. The number of anilines is 2. The van der Waals surface area contributed by atoms with Crippen LogP contribution in [0, 0.1) is 0 Å². The zero-order valence-electron chi connectivity index (χ0n) is 21.8. The molecule has 6 rings (SSSR count). The maximum atomic E-state index is 5.93. The predicted octanol–water partition coefficient (Wildman–Crippen LogP) is 5.11. The fourth-order valence-corrected chi connectivity index (χ4v) is 5.06. The van der Waals surface area contributed by atoms with Crippen LogP contribution in [0.25, 0.3) is 22.5 Å². The second-order valence-electron chi connectivity index (χ2n) is 9.37. The van der Waals surface area contributed by atoms with Crippen molar-refractivity contribution in [3.63, 3.8) is 0 Å². The first kappa shape index (κ1) is 25.2. The molecule has 37 heavy (non-hydrogen) atoms. The Morgan fingerprint density at radius 3 is 2.30 bits per heavy atom. The Labute approximate surface area is 218 Å². The number of fused-ring (bicyclic) bond motifs is 1. The molecule has 0 unspecified atom stereocenters. The van der Waals surface area contributed by atoms with Gasteiger partial charge >= 0.3 is 0 Å². The van der Waals surface area contributed by atoms with Gasteiger partial charge < -0.3 is 19.9 Å². The van der Waals surface area contributed by atoms with Crippen molar-refractivity contribution in [2.45, 2.75) is 39.2 Å². The lowest BCUT2D eigenvalue weighted by atomic mass is 9.92. The average Bonchev–Trinajstić information content (AvgIpc) is 3.40. The molecule has 0 amide bonds. The summed E-state index contributed by atoms with van der Waals surface area (Å²) in [6.45, 7) is 9.91. The Balaban J connectivity index is 0.00000137. The SMILES string of the molecule is CC.Nc1ccc(-c2nc(N3CCOCC3)c3onc(C4CCN(Cc5ccccc5)CC4)c3n2)cc1. The summed E-state index contributed by atoms with van der Waals surface area (Å²) in [4.78, 5) is 14.6. The van der Waals surface area contributed by atoms with E-state index < -0.39 is 0 Å². The zero-order chi connectivity index (χ0) is 25.6. The summed E-state index contributed by atoms with van der Waals surface area (Å²) in [5.41, 5.74) is 11.4. The average molecular weight is 501 g/mol. The van der Waals surface area contributed by atoms with Crippen LogP contribution in [-0.4, -0.2) is 59.4 Å². The van der Waals surface area contributed by atoms with Crippen LogP contribution in [0.15, 0.2) is 59.1 Å². The lowest BCUT2D eigenvalue weighted by molar-refractivity contribution is 0.122. The number of benzene rings is 2. The maximum Gasteiger partial charge on any atom is 0.227 e. The van der Waals surface area contributed by atoms with E-state index in [2.05, 4.69) is 45.3 Å². The minimum atomic E-state index is 0.315. The standard InChI is InChI=1S/C27H30N6O2.C2H6/c28-22-8-6-21(7-9-22)26-29-24-23(31-35-25(24)27(30-26)33-14-16-34-17-15-33)20-10-12-32(13-11-20)18-19-4-2-1-3-5-19;1-2/h1-9,20H,10-18,28H2;1-2H3. The minimum Gasteiger partial charge on any atom is -0.399 e. The highest BCUT2D eigenvalue weighted by atomic mass is 16.5. The van der Waals surface area contributed by atoms with Gasteiger partial charge in [-0.25, -0.2) is 9.97 Å². The van der Waals surface area contributed by atoms with Gasteiger partial charge in [-0.15, -0.1) is 0 Å². The van der Waals surface area contributed by atoms with Gasteiger partial charge in [-0.3, -0.25) is 4.90 Å². The van der Waals surface area contributed by atoms with Crippen molar-refractivity contribution >= 4 is 22.6 Å². The number of rotatable bonds is 5. The second kappa shape index (κ2) is 11.7. The van der Waals surface area contributed by atoms with E-state index in [1.54, 1.807) is 0 Å². The van der Waals surface area contributed by atoms with Crippen molar-refractivity contribution in [3.05, 3.63) is 65.9 Å². The normalized spacial score (nSPS) is 17.0. The lowest BCUT2D eigenvalue weighted by Crippen LogP contribution is -2.37. The molecule has 0 aliphatic carbocycles. The number of piperidine rings is 1. The molecule has 8 heteroatoms. The molecule has 0 saturated carbocycles. The summed E-state index contributed by atoms with van der Waals surface area (Å²) in [6, 6.07) is 18.4. The summed E-state index contributed by atoms with van der Waals surface area (Å²) in [6.07, 6.45) is 2.06. The Morgan fingerprint density at radius 2 is 1.59 bits per heavy atom. The van der Waals surface area contributed by atoms with Gasteiger partial charge in [-0.05, 0) is 55.8 Å². The van der Waals surface area contributed by atoms with Crippen molar-refractivity contribution in [2.75, 3.05) is 50.0 Å². The zero-order valence-corrected chi connectivity index (χ0v) is 21.8. The first-order chi connectivity index (χ1) is 18.2. The van der Waals surface area contributed by atoms with Crippen molar-refractivity contribution < 1.29 is 9.26 Å². The Hall–Kier alpha value is -3.49. The predicted molar refractivity (Wildman–Crippen MR) is 148 cm³/mol. The molecule has 2 aliphatic heterocycles. The molecule has 0 bridgehead atoms. The van der Waals surface area contributed by atoms with E-state index in [0.29, 0.717) is 30.5 Å². The topological polar surface area (TPSA) is 93.5 Å². The number of nitrogen functional groups attached to an aromatic ring is 1. The molecular formula is C29H36N6O2. The number of ether oxygens (including phenoxy) is 1. The Morgan fingerprint density at radius 1 is 0.892 bits per heavy atom. The van der Waals surface area contributed by atoms with Crippen LogP contribution < -0.4 is 10.6 Å².